The molecule has 1 aromatic rings. The molecule has 0 fully saturated rings. The van der Waals surface area contributed by atoms with E-state index in [9.17, 15) is 9.18 Å². The fourth-order valence-corrected chi connectivity index (χ4v) is 1.92. The van der Waals surface area contributed by atoms with E-state index in [2.05, 4.69) is 12.2 Å². The molecular weight excluding hydrogens is 271 g/mol. The van der Waals surface area contributed by atoms with Gasteiger partial charge in [0.2, 0.25) is 0 Å². The monoisotopic (exact) mass is 296 g/mol. The van der Waals surface area contributed by atoms with Crippen LogP contribution in [0.4, 0.5) is 9.18 Å². The molecule has 1 aromatic carbocycles. The SMILES string of the molecule is CCC[C@@H](C)N(C)C(=O)N[C@@H](C)COc1ccc(F)cc1. The van der Waals surface area contributed by atoms with Crippen molar-refractivity contribution in [3.8, 4) is 5.75 Å². The highest BCUT2D eigenvalue weighted by Crippen LogP contribution is 2.11. The molecule has 2 amide bonds. The highest BCUT2D eigenvalue weighted by atomic mass is 19.1. The molecule has 0 spiro atoms. The number of amides is 2. The fourth-order valence-electron chi connectivity index (χ4n) is 1.92. The maximum atomic E-state index is 12.8. The van der Waals surface area contributed by atoms with Crippen LogP contribution in [0, 0.1) is 5.82 Å². The first-order chi connectivity index (χ1) is 9.93. The summed E-state index contributed by atoms with van der Waals surface area (Å²) in [6, 6.07) is 5.81. The smallest absolute Gasteiger partial charge is 0.317 e. The van der Waals surface area contributed by atoms with Gasteiger partial charge in [-0.05, 0) is 44.5 Å². The molecule has 0 aliphatic rings. The number of halogens is 1. The summed E-state index contributed by atoms with van der Waals surface area (Å²) in [5, 5.41) is 2.89. The minimum atomic E-state index is -0.296. The lowest BCUT2D eigenvalue weighted by molar-refractivity contribution is 0.181. The molecule has 0 heterocycles. The second kappa shape index (κ2) is 8.49. The van der Waals surface area contributed by atoms with E-state index in [1.165, 1.54) is 12.1 Å². The van der Waals surface area contributed by atoms with E-state index >= 15 is 0 Å². The third-order valence-corrected chi connectivity index (χ3v) is 3.37. The van der Waals surface area contributed by atoms with Crippen LogP contribution in [-0.4, -0.2) is 36.7 Å². The van der Waals surface area contributed by atoms with Gasteiger partial charge in [0, 0.05) is 13.1 Å². The van der Waals surface area contributed by atoms with Crippen molar-refractivity contribution in [2.75, 3.05) is 13.7 Å². The van der Waals surface area contributed by atoms with Crippen LogP contribution in [0.5, 0.6) is 5.75 Å². The quantitative estimate of drug-likeness (QED) is 0.837. The Hall–Kier alpha value is -1.78. The third-order valence-electron chi connectivity index (χ3n) is 3.37. The van der Waals surface area contributed by atoms with Crippen LogP contribution in [-0.2, 0) is 0 Å². The highest BCUT2D eigenvalue weighted by molar-refractivity contribution is 5.74. The van der Waals surface area contributed by atoms with Gasteiger partial charge >= 0.3 is 6.03 Å². The Bertz CT molecular complexity index is 436. The van der Waals surface area contributed by atoms with Gasteiger partial charge in [-0.1, -0.05) is 13.3 Å². The van der Waals surface area contributed by atoms with Gasteiger partial charge in [0.05, 0.1) is 6.04 Å². The van der Waals surface area contributed by atoms with E-state index in [1.54, 1.807) is 24.1 Å². The van der Waals surface area contributed by atoms with Crippen LogP contribution in [0.15, 0.2) is 24.3 Å². The van der Waals surface area contributed by atoms with Gasteiger partial charge in [0.1, 0.15) is 18.2 Å². The Morgan fingerprint density at radius 1 is 1.33 bits per heavy atom. The number of carbonyl (C=O) groups is 1. The fraction of sp³-hybridized carbons (Fsp3) is 0.562. The molecule has 4 nitrogen and oxygen atoms in total. The Labute approximate surface area is 126 Å². The summed E-state index contributed by atoms with van der Waals surface area (Å²) in [6.45, 7) is 6.34. The summed E-state index contributed by atoms with van der Waals surface area (Å²) >= 11 is 0. The van der Waals surface area contributed by atoms with Crippen molar-refractivity contribution in [1.29, 1.82) is 0 Å². The first-order valence-corrected chi connectivity index (χ1v) is 7.35. The van der Waals surface area contributed by atoms with Crippen molar-refractivity contribution in [3.63, 3.8) is 0 Å². The standard InChI is InChI=1S/C16H25FN2O2/c1-5-6-13(3)19(4)16(20)18-12(2)11-21-15-9-7-14(17)8-10-15/h7-10,12-13H,5-6,11H2,1-4H3,(H,18,20)/t12-,13+/m0/s1. The first kappa shape index (κ1) is 17.3. The molecule has 1 N–H and O–H groups in total. The molecule has 2 atom stereocenters. The average Bonchev–Trinajstić information content (AvgIpc) is 2.46. The maximum absolute atomic E-state index is 12.8. The second-order valence-electron chi connectivity index (χ2n) is 5.36. The lowest BCUT2D eigenvalue weighted by atomic mass is 10.2. The van der Waals surface area contributed by atoms with Crippen LogP contribution in [0.1, 0.15) is 33.6 Å². The number of hydrogen-bond acceptors (Lipinski definition) is 2. The molecule has 0 unspecified atom stereocenters. The maximum Gasteiger partial charge on any atom is 0.317 e. The van der Waals surface area contributed by atoms with Crippen LogP contribution < -0.4 is 10.1 Å². The molecule has 0 aliphatic heterocycles. The van der Waals surface area contributed by atoms with Crippen molar-refractivity contribution in [1.82, 2.24) is 10.2 Å². The zero-order valence-electron chi connectivity index (χ0n) is 13.2. The zero-order chi connectivity index (χ0) is 15.8. The van der Waals surface area contributed by atoms with E-state index in [4.69, 9.17) is 4.74 Å². The summed E-state index contributed by atoms with van der Waals surface area (Å²) in [5.74, 6) is 0.292. The minimum absolute atomic E-state index is 0.105. The zero-order valence-corrected chi connectivity index (χ0v) is 13.2. The lowest BCUT2D eigenvalue weighted by Crippen LogP contribution is -2.47. The number of benzene rings is 1. The van der Waals surface area contributed by atoms with Crippen LogP contribution in [0.2, 0.25) is 0 Å². The molecule has 5 heteroatoms. The van der Waals surface area contributed by atoms with Crippen molar-refractivity contribution in [2.24, 2.45) is 0 Å². The molecular formula is C16H25FN2O2. The molecule has 0 aromatic heterocycles. The van der Waals surface area contributed by atoms with E-state index in [0.717, 1.165) is 12.8 Å². The van der Waals surface area contributed by atoms with Gasteiger partial charge in [-0.25, -0.2) is 9.18 Å². The summed E-state index contributed by atoms with van der Waals surface area (Å²) in [4.78, 5) is 13.7. The number of hydrogen-bond donors (Lipinski definition) is 1. The summed E-state index contributed by atoms with van der Waals surface area (Å²) in [6.07, 6.45) is 2.02. The van der Waals surface area contributed by atoms with Gasteiger partial charge < -0.3 is 15.0 Å². The number of ether oxygens (including phenoxy) is 1. The molecule has 0 bridgehead atoms. The van der Waals surface area contributed by atoms with Crippen LogP contribution >= 0.6 is 0 Å². The van der Waals surface area contributed by atoms with Gasteiger partial charge in [-0.15, -0.1) is 0 Å². The summed E-state index contributed by atoms with van der Waals surface area (Å²) < 4.78 is 18.3. The van der Waals surface area contributed by atoms with E-state index in [0.29, 0.717) is 12.4 Å². The molecule has 21 heavy (non-hydrogen) atoms. The van der Waals surface area contributed by atoms with E-state index in [1.807, 2.05) is 13.8 Å². The molecule has 0 saturated carbocycles. The predicted molar refractivity (Wildman–Crippen MR) is 82.0 cm³/mol. The number of urea groups is 1. The van der Waals surface area contributed by atoms with Crippen molar-refractivity contribution < 1.29 is 13.9 Å². The van der Waals surface area contributed by atoms with Gasteiger partial charge in [0.15, 0.2) is 0 Å². The minimum Gasteiger partial charge on any atom is -0.491 e. The van der Waals surface area contributed by atoms with Gasteiger partial charge in [-0.3, -0.25) is 0 Å². The van der Waals surface area contributed by atoms with E-state index < -0.39 is 0 Å². The predicted octanol–water partition coefficient (Wildman–Crippen LogP) is 3.42. The van der Waals surface area contributed by atoms with Crippen LogP contribution in [0.25, 0.3) is 0 Å². The average molecular weight is 296 g/mol. The molecule has 0 saturated heterocycles. The van der Waals surface area contributed by atoms with Crippen molar-refractivity contribution >= 4 is 6.03 Å². The Morgan fingerprint density at radius 2 is 1.95 bits per heavy atom. The highest BCUT2D eigenvalue weighted by Gasteiger charge is 2.16. The normalized spacial score (nSPS) is 13.4. The van der Waals surface area contributed by atoms with Gasteiger partial charge in [0.25, 0.3) is 0 Å². The lowest BCUT2D eigenvalue weighted by Gasteiger charge is -2.26. The Morgan fingerprint density at radius 3 is 2.52 bits per heavy atom. The number of rotatable bonds is 7. The third kappa shape index (κ3) is 6.02. The molecule has 118 valence electrons. The molecule has 1 rings (SSSR count). The van der Waals surface area contributed by atoms with Crippen LogP contribution in [0.3, 0.4) is 0 Å². The van der Waals surface area contributed by atoms with Crippen molar-refractivity contribution in [3.05, 3.63) is 30.1 Å². The summed E-state index contributed by atoms with van der Waals surface area (Å²) in [5.41, 5.74) is 0. The number of carbonyl (C=O) groups excluding carboxylic acids is 1. The number of nitrogens with zero attached hydrogens (tertiary/aromatic N) is 1. The Kier molecular flexibility index (Phi) is 6.99. The van der Waals surface area contributed by atoms with E-state index in [-0.39, 0.29) is 23.9 Å². The Balaban J connectivity index is 2.37. The number of nitrogens with one attached hydrogen (secondary N) is 1. The molecule has 0 aliphatic carbocycles. The topological polar surface area (TPSA) is 41.6 Å². The summed E-state index contributed by atoms with van der Waals surface area (Å²) in [7, 11) is 1.79. The second-order valence-corrected chi connectivity index (χ2v) is 5.36. The first-order valence-electron chi connectivity index (χ1n) is 7.35. The largest absolute Gasteiger partial charge is 0.491 e. The molecule has 0 radical (unpaired) electrons. The van der Waals surface area contributed by atoms with Crippen molar-refractivity contribution in [2.45, 2.75) is 45.7 Å². The van der Waals surface area contributed by atoms with Gasteiger partial charge in [-0.2, -0.15) is 0 Å².